The van der Waals surface area contributed by atoms with Gasteiger partial charge in [-0.2, -0.15) is 0 Å². The van der Waals surface area contributed by atoms with Gasteiger partial charge in [-0.25, -0.2) is 13.6 Å². The van der Waals surface area contributed by atoms with E-state index >= 15 is 0 Å². The number of urea groups is 1. The Hall–Kier alpha value is -1.69. The summed E-state index contributed by atoms with van der Waals surface area (Å²) in [5.74, 6) is -1.48. The van der Waals surface area contributed by atoms with E-state index < -0.39 is 11.6 Å². The number of nitrogens with zero attached hydrogens (tertiary/aromatic N) is 1. The summed E-state index contributed by atoms with van der Waals surface area (Å²) in [6.45, 7) is 1.48. The average Bonchev–Trinajstić information content (AvgIpc) is 3.03. The van der Waals surface area contributed by atoms with Crippen LogP contribution in [0.1, 0.15) is 56.4 Å². The molecule has 3 aliphatic rings. The van der Waals surface area contributed by atoms with Gasteiger partial charge in [-0.05, 0) is 67.6 Å². The Kier molecular flexibility index (Phi) is 4.63. The molecule has 26 heavy (non-hydrogen) atoms. The van der Waals surface area contributed by atoms with Crippen molar-refractivity contribution in [2.24, 2.45) is 5.41 Å². The third-order valence-corrected chi connectivity index (χ3v) is 6.48. The number of amides is 2. The molecule has 3 fully saturated rings. The van der Waals surface area contributed by atoms with Gasteiger partial charge in [0.15, 0.2) is 11.6 Å². The molecule has 2 N–H and O–H groups in total. The van der Waals surface area contributed by atoms with Gasteiger partial charge in [-0.1, -0.05) is 12.5 Å². The third-order valence-electron chi connectivity index (χ3n) is 6.48. The molecule has 1 saturated heterocycles. The molecule has 0 radical (unpaired) electrons. The zero-order valence-corrected chi connectivity index (χ0v) is 14.9. The van der Waals surface area contributed by atoms with Crippen molar-refractivity contribution >= 4 is 6.03 Å². The van der Waals surface area contributed by atoms with E-state index in [1.165, 1.54) is 12.1 Å². The first-order chi connectivity index (χ1) is 12.4. The van der Waals surface area contributed by atoms with E-state index in [9.17, 15) is 18.7 Å². The van der Waals surface area contributed by atoms with Crippen LogP contribution in [0.2, 0.25) is 0 Å². The molecule has 1 spiro atoms. The van der Waals surface area contributed by atoms with E-state index in [2.05, 4.69) is 5.32 Å². The number of benzene rings is 1. The molecule has 1 aromatic rings. The summed E-state index contributed by atoms with van der Waals surface area (Å²) in [4.78, 5) is 14.5. The predicted molar refractivity (Wildman–Crippen MR) is 93.8 cm³/mol. The topological polar surface area (TPSA) is 52.6 Å². The molecule has 1 heterocycles. The van der Waals surface area contributed by atoms with Crippen LogP contribution in [-0.4, -0.2) is 41.3 Å². The minimum Gasteiger partial charge on any atom is -0.393 e. The standard InChI is InChI=1S/C20H26F2N2O2/c21-17-5-4-14(9-18(17)22)13-2-1-3-15(8-13)23-19(26)24-7-6-20(12-24)10-16(25)11-20/h4-5,9,13,15-16,25H,1-3,6-8,10-12H2,(H,23,26). The van der Waals surface area contributed by atoms with Crippen LogP contribution in [-0.2, 0) is 0 Å². The van der Waals surface area contributed by atoms with E-state index in [0.29, 0.717) is 0 Å². The highest BCUT2D eigenvalue weighted by Gasteiger charge is 2.49. The molecule has 2 atom stereocenters. The summed E-state index contributed by atoms with van der Waals surface area (Å²) >= 11 is 0. The number of nitrogens with one attached hydrogen (secondary N) is 1. The minimum absolute atomic E-state index is 0.0285. The van der Waals surface area contributed by atoms with Crippen molar-refractivity contribution in [3.63, 3.8) is 0 Å². The normalized spacial score (nSPS) is 34.0. The molecule has 4 rings (SSSR count). The largest absolute Gasteiger partial charge is 0.393 e. The molecule has 2 unspecified atom stereocenters. The number of carbonyl (C=O) groups is 1. The van der Waals surface area contributed by atoms with Gasteiger partial charge in [0.25, 0.3) is 0 Å². The molecular formula is C20H26F2N2O2. The monoisotopic (exact) mass is 364 g/mol. The average molecular weight is 364 g/mol. The van der Waals surface area contributed by atoms with Crippen molar-refractivity contribution in [3.8, 4) is 0 Å². The fourth-order valence-corrected chi connectivity index (χ4v) is 5.04. The lowest BCUT2D eigenvalue weighted by molar-refractivity contribution is -0.0233. The van der Waals surface area contributed by atoms with Gasteiger partial charge >= 0.3 is 6.03 Å². The first-order valence-electron chi connectivity index (χ1n) is 9.63. The first-order valence-corrected chi connectivity index (χ1v) is 9.63. The second-order valence-corrected chi connectivity index (χ2v) is 8.42. The lowest BCUT2D eigenvalue weighted by atomic mass is 9.66. The number of aliphatic hydroxyl groups is 1. The second-order valence-electron chi connectivity index (χ2n) is 8.42. The number of halogens is 2. The molecule has 1 aromatic carbocycles. The highest BCUT2D eigenvalue weighted by atomic mass is 19.2. The van der Waals surface area contributed by atoms with E-state index in [1.54, 1.807) is 6.07 Å². The Bertz CT molecular complexity index is 690. The number of hydrogen-bond acceptors (Lipinski definition) is 2. The van der Waals surface area contributed by atoms with Crippen molar-refractivity contribution in [1.82, 2.24) is 10.2 Å². The Balaban J connectivity index is 1.33. The molecule has 0 bridgehead atoms. The number of carbonyl (C=O) groups excluding carboxylic acids is 1. The van der Waals surface area contributed by atoms with Gasteiger partial charge < -0.3 is 15.3 Å². The molecule has 0 aromatic heterocycles. The van der Waals surface area contributed by atoms with E-state index in [1.807, 2.05) is 4.90 Å². The summed E-state index contributed by atoms with van der Waals surface area (Å²) in [6.07, 6.45) is 5.95. The van der Waals surface area contributed by atoms with Crippen LogP contribution < -0.4 is 5.32 Å². The van der Waals surface area contributed by atoms with Gasteiger partial charge in [0.1, 0.15) is 0 Å². The van der Waals surface area contributed by atoms with Crippen molar-refractivity contribution in [2.45, 2.75) is 63.0 Å². The van der Waals surface area contributed by atoms with Crippen molar-refractivity contribution in [2.75, 3.05) is 13.1 Å². The van der Waals surface area contributed by atoms with Crippen LogP contribution in [0.5, 0.6) is 0 Å². The van der Waals surface area contributed by atoms with Gasteiger partial charge in [-0.3, -0.25) is 0 Å². The quantitative estimate of drug-likeness (QED) is 0.843. The first kappa shape index (κ1) is 17.7. The smallest absolute Gasteiger partial charge is 0.317 e. The van der Waals surface area contributed by atoms with Gasteiger partial charge in [-0.15, -0.1) is 0 Å². The summed E-state index contributed by atoms with van der Waals surface area (Å²) in [5, 5.41) is 12.7. The molecule has 4 nitrogen and oxygen atoms in total. The summed E-state index contributed by atoms with van der Waals surface area (Å²) in [6, 6.07) is 4.16. The Morgan fingerprint density at radius 1 is 1.23 bits per heavy atom. The molecule has 6 heteroatoms. The van der Waals surface area contributed by atoms with E-state index in [0.717, 1.165) is 63.6 Å². The zero-order chi connectivity index (χ0) is 18.3. The van der Waals surface area contributed by atoms with Gasteiger partial charge in [0, 0.05) is 19.1 Å². The summed E-state index contributed by atoms with van der Waals surface area (Å²) in [5.41, 5.74) is 0.948. The van der Waals surface area contributed by atoms with Crippen LogP contribution in [0.4, 0.5) is 13.6 Å². The van der Waals surface area contributed by atoms with Crippen molar-refractivity contribution in [1.29, 1.82) is 0 Å². The third kappa shape index (κ3) is 3.43. The summed E-state index contributed by atoms with van der Waals surface area (Å²) < 4.78 is 26.7. The SMILES string of the molecule is O=C(NC1CCCC(c2ccc(F)c(F)c2)C1)N1CCC2(CC(O)C2)C1. The van der Waals surface area contributed by atoms with E-state index in [4.69, 9.17) is 0 Å². The number of rotatable bonds is 2. The maximum Gasteiger partial charge on any atom is 0.317 e. The molecule has 2 saturated carbocycles. The summed E-state index contributed by atoms with van der Waals surface area (Å²) in [7, 11) is 0. The molecule has 2 amide bonds. The number of aliphatic hydroxyl groups excluding tert-OH is 1. The molecular weight excluding hydrogens is 338 g/mol. The zero-order valence-electron chi connectivity index (χ0n) is 14.9. The van der Waals surface area contributed by atoms with Crippen LogP contribution in [0.3, 0.4) is 0 Å². The van der Waals surface area contributed by atoms with Crippen LogP contribution in [0.25, 0.3) is 0 Å². The molecule has 1 aliphatic heterocycles. The van der Waals surface area contributed by atoms with Crippen molar-refractivity contribution < 1.29 is 18.7 Å². The lowest BCUT2D eigenvalue weighted by Gasteiger charge is -2.42. The second kappa shape index (κ2) is 6.80. The maximum absolute atomic E-state index is 13.5. The van der Waals surface area contributed by atoms with Crippen LogP contribution >= 0.6 is 0 Å². The fourth-order valence-electron chi connectivity index (χ4n) is 5.04. The number of likely N-dealkylation sites (tertiary alicyclic amines) is 1. The van der Waals surface area contributed by atoms with Crippen molar-refractivity contribution in [3.05, 3.63) is 35.4 Å². The molecule has 2 aliphatic carbocycles. The predicted octanol–water partition coefficient (Wildman–Crippen LogP) is 3.55. The number of hydrogen-bond donors (Lipinski definition) is 2. The van der Waals surface area contributed by atoms with Gasteiger partial charge in [0.05, 0.1) is 6.10 Å². The van der Waals surface area contributed by atoms with E-state index in [-0.39, 0.29) is 29.5 Å². The van der Waals surface area contributed by atoms with Crippen LogP contribution in [0, 0.1) is 17.0 Å². The van der Waals surface area contributed by atoms with Gasteiger partial charge in [0.2, 0.25) is 0 Å². The molecule has 142 valence electrons. The Labute approximate surface area is 152 Å². The fraction of sp³-hybridized carbons (Fsp3) is 0.650. The maximum atomic E-state index is 13.5. The Morgan fingerprint density at radius 2 is 2.04 bits per heavy atom. The lowest BCUT2D eigenvalue weighted by Crippen LogP contribution is -2.48. The highest BCUT2D eigenvalue weighted by Crippen LogP contribution is 2.48. The highest BCUT2D eigenvalue weighted by molar-refractivity contribution is 5.75. The Morgan fingerprint density at radius 3 is 2.77 bits per heavy atom. The minimum atomic E-state index is -0.821. The van der Waals surface area contributed by atoms with Crippen LogP contribution in [0.15, 0.2) is 18.2 Å².